The minimum Gasteiger partial charge on any atom is -0.480 e. The highest BCUT2D eigenvalue weighted by Crippen LogP contribution is 2.20. The van der Waals surface area contributed by atoms with Crippen molar-refractivity contribution >= 4 is 29.7 Å². The van der Waals surface area contributed by atoms with E-state index in [1.54, 1.807) is 0 Å². The number of nitrogens with one attached hydrogen (secondary N) is 2. The normalized spacial score (nSPS) is 17.8. The molecule has 0 bridgehead atoms. The number of carboxylic acid groups (broad SMARTS) is 1. The Morgan fingerprint density at radius 1 is 1.06 bits per heavy atom. The summed E-state index contributed by atoms with van der Waals surface area (Å²) >= 11 is 0. The molecule has 4 unspecified atom stereocenters. The van der Waals surface area contributed by atoms with E-state index in [0.717, 1.165) is 12.8 Å². The van der Waals surface area contributed by atoms with Crippen molar-refractivity contribution in [1.82, 2.24) is 15.5 Å². The topological polar surface area (TPSA) is 232 Å². The standard InChI is InChI=1S/C23H44N8O5/c1-14(2)13-17(19(32)29-16(22(35)36)8-5-11-28-23(26)27)30-20(33)18-9-6-12-31(18)21(34)15(25)7-3-4-10-24/h14-18H,3-13,24-25H2,1-2H3,(H,29,32)(H,30,33)(H,35,36)(H4,26,27,28). The first-order valence-electron chi connectivity index (χ1n) is 12.6. The molecule has 36 heavy (non-hydrogen) atoms. The summed E-state index contributed by atoms with van der Waals surface area (Å²) in [4.78, 5) is 55.9. The van der Waals surface area contributed by atoms with E-state index in [1.807, 2.05) is 13.8 Å². The molecule has 4 atom stereocenters. The van der Waals surface area contributed by atoms with Crippen LogP contribution >= 0.6 is 0 Å². The van der Waals surface area contributed by atoms with E-state index in [-0.39, 0.29) is 30.8 Å². The smallest absolute Gasteiger partial charge is 0.326 e. The summed E-state index contributed by atoms with van der Waals surface area (Å²) < 4.78 is 0. The van der Waals surface area contributed by atoms with Gasteiger partial charge >= 0.3 is 5.97 Å². The average molecular weight is 513 g/mol. The number of hydrogen-bond donors (Lipinski definition) is 7. The number of nitrogens with two attached hydrogens (primary N) is 4. The van der Waals surface area contributed by atoms with E-state index < -0.39 is 42.0 Å². The zero-order valence-corrected chi connectivity index (χ0v) is 21.4. The molecule has 0 saturated carbocycles. The van der Waals surface area contributed by atoms with E-state index in [4.69, 9.17) is 22.9 Å². The molecule has 1 aliphatic heterocycles. The Hall–Kier alpha value is -2.93. The molecule has 206 valence electrons. The molecule has 1 aliphatic rings. The fraction of sp³-hybridized carbons (Fsp3) is 0.783. The summed E-state index contributed by atoms with van der Waals surface area (Å²) in [5.41, 5.74) is 22.1. The van der Waals surface area contributed by atoms with Crippen molar-refractivity contribution in [3.63, 3.8) is 0 Å². The van der Waals surface area contributed by atoms with Gasteiger partial charge in [0.15, 0.2) is 5.96 Å². The van der Waals surface area contributed by atoms with Crippen LogP contribution in [-0.2, 0) is 19.2 Å². The molecule has 0 spiro atoms. The number of hydrogen-bond acceptors (Lipinski definition) is 7. The van der Waals surface area contributed by atoms with Gasteiger partial charge in [0, 0.05) is 13.1 Å². The summed E-state index contributed by atoms with van der Waals surface area (Å²) in [5.74, 6) is -2.58. The van der Waals surface area contributed by atoms with Gasteiger partial charge in [0.1, 0.15) is 18.1 Å². The Bertz CT molecular complexity index is 772. The zero-order valence-electron chi connectivity index (χ0n) is 21.4. The monoisotopic (exact) mass is 512 g/mol. The number of carbonyl (C=O) groups is 4. The third-order valence-electron chi connectivity index (χ3n) is 6.02. The van der Waals surface area contributed by atoms with Gasteiger partial charge in [-0.25, -0.2) is 4.79 Å². The van der Waals surface area contributed by atoms with Crippen molar-refractivity contribution in [3.05, 3.63) is 0 Å². The van der Waals surface area contributed by atoms with Crippen molar-refractivity contribution in [2.24, 2.45) is 33.8 Å². The quantitative estimate of drug-likeness (QED) is 0.0729. The Kier molecular flexibility index (Phi) is 13.8. The molecule has 1 rings (SSSR count). The highest BCUT2D eigenvalue weighted by molar-refractivity contribution is 5.94. The Morgan fingerprint density at radius 3 is 2.33 bits per heavy atom. The summed E-state index contributed by atoms with van der Waals surface area (Å²) in [6.45, 7) is 4.95. The van der Waals surface area contributed by atoms with E-state index in [1.165, 1.54) is 4.90 Å². The molecule has 11 N–H and O–H groups in total. The van der Waals surface area contributed by atoms with Gasteiger partial charge in [0.2, 0.25) is 17.7 Å². The second-order valence-corrected chi connectivity index (χ2v) is 9.62. The molecule has 1 heterocycles. The van der Waals surface area contributed by atoms with Crippen LogP contribution in [0, 0.1) is 5.92 Å². The lowest BCUT2D eigenvalue weighted by molar-refractivity contribution is -0.143. The molecular weight excluding hydrogens is 468 g/mol. The van der Waals surface area contributed by atoms with Crippen LogP contribution < -0.4 is 33.6 Å². The van der Waals surface area contributed by atoms with E-state index >= 15 is 0 Å². The van der Waals surface area contributed by atoms with Crippen LogP contribution in [0.5, 0.6) is 0 Å². The fourth-order valence-electron chi connectivity index (χ4n) is 4.15. The van der Waals surface area contributed by atoms with Gasteiger partial charge in [-0.15, -0.1) is 0 Å². The SMILES string of the molecule is CC(C)CC(NC(=O)C1CCCN1C(=O)C(N)CCCCN)C(=O)NC(CCCN=C(N)N)C(=O)O. The Morgan fingerprint density at radius 2 is 1.75 bits per heavy atom. The van der Waals surface area contributed by atoms with Crippen LogP contribution in [0.3, 0.4) is 0 Å². The van der Waals surface area contributed by atoms with Gasteiger partial charge < -0.3 is 43.6 Å². The summed E-state index contributed by atoms with van der Waals surface area (Å²) in [7, 11) is 0. The Balaban J connectivity index is 2.83. The molecule has 0 aliphatic carbocycles. The number of amides is 3. The van der Waals surface area contributed by atoms with E-state index in [9.17, 15) is 24.3 Å². The van der Waals surface area contributed by atoms with Crippen molar-refractivity contribution in [3.8, 4) is 0 Å². The molecule has 3 amide bonds. The number of aliphatic carboxylic acids is 1. The number of likely N-dealkylation sites (tertiary alicyclic amines) is 1. The van der Waals surface area contributed by atoms with Crippen molar-refractivity contribution in [2.45, 2.75) is 89.4 Å². The number of unbranched alkanes of at least 4 members (excludes halogenated alkanes) is 1. The minimum atomic E-state index is -1.20. The predicted octanol–water partition coefficient (Wildman–Crippen LogP) is -1.41. The van der Waals surface area contributed by atoms with Gasteiger partial charge in [-0.2, -0.15) is 0 Å². The van der Waals surface area contributed by atoms with E-state index in [0.29, 0.717) is 45.2 Å². The first kappa shape index (κ1) is 31.1. The molecule has 0 aromatic carbocycles. The van der Waals surface area contributed by atoms with Crippen molar-refractivity contribution in [2.75, 3.05) is 19.6 Å². The van der Waals surface area contributed by atoms with Crippen LogP contribution in [0.4, 0.5) is 0 Å². The molecule has 0 aromatic heterocycles. The maximum absolute atomic E-state index is 13.1. The summed E-state index contributed by atoms with van der Waals surface area (Å²) in [6, 6.07) is -3.55. The van der Waals surface area contributed by atoms with E-state index in [2.05, 4.69) is 15.6 Å². The molecule has 13 heteroatoms. The second kappa shape index (κ2) is 15.9. The number of nitrogens with zero attached hydrogens (tertiary/aromatic N) is 2. The lowest BCUT2D eigenvalue weighted by Gasteiger charge is -2.29. The van der Waals surface area contributed by atoms with Crippen LogP contribution in [0.15, 0.2) is 4.99 Å². The number of carboxylic acids is 1. The first-order chi connectivity index (χ1) is 17.0. The number of carbonyl (C=O) groups excluding carboxylic acids is 3. The van der Waals surface area contributed by atoms with Crippen molar-refractivity contribution < 1.29 is 24.3 Å². The number of rotatable bonds is 16. The highest BCUT2D eigenvalue weighted by atomic mass is 16.4. The minimum absolute atomic E-state index is 0.0449. The van der Waals surface area contributed by atoms with Crippen LogP contribution in [0.25, 0.3) is 0 Å². The van der Waals surface area contributed by atoms with Gasteiger partial charge in [-0.05, 0) is 57.4 Å². The Labute approximate surface area is 212 Å². The maximum atomic E-state index is 13.1. The molecule has 0 aromatic rings. The molecular formula is C23H44N8O5. The summed E-state index contributed by atoms with van der Waals surface area (Å²) in [6.07, 6.45) is 3.86. The summed E-state index contributed by atoms with van der Waals surface area (Å²) in [5, 5.41) is 14.8. The molecule has 13 nitrogen and oxygen atoms in total. The van der Waals surface area contributed by atoms with Gasteiger partial charge in [0.05, 0.1) is 6.04 Å². The zero-order chi connectivity index (χ0) is 27.3. The first-order valence-corrected chi connectivity index (χ1v) is 12.6. The van der Waals surface area contributed by atoms with Gasteiger partial charge in [-0.1, -0.05) is 20.3 Å². The van der Waals surface area contributed by atoms with Gasteiger partial charge in [0.25, 0.3) is 0 Å². The lowest BCUT2D eigenvalue weighted by atomic mass is 10.0. The number of aliphatic imine (C=N–C) groups is 1. The third kappa shape index (κ3) is 10.8. The highest BCUT2D eigenvalue weighted by Gasteiger charge is 2.37. The van der Waals surface area contributed by atoms with Crippen molar-refractivity contribution in [1.29, 1.82) is 0 Å². The lowest BCUT2D eigenvalue weighted by Crippen LogP contribution is -2.56. The molecule has 1 saturated heterocycles. The van der Waals surface area contributed by atoms with Gasteiger partial charge in [-0.3, -0.25) is 19.4 Å². The molecule has 1 fully saturated rings. The largest absolute Gasteiger partial charge is 0.480 e. The number of guanidine groups is 1. The van der Waals surface area contributed by atoms with Crippen LogP contribution in [0.2, 0.25) is 0 Å². The average Bonchev–Trinajstić information content (AvgIpc) is 3.29. The molecule has 0 radical (unpaired) electrons. The van der Waals surface area contributed by atoms with Crippen LogP contribution in [0.1, 0.15) is 65.2 Å². The second-order valence-electron chi connectivity index (χ2n) is 9.62. The maximum Gasteiger partial charge on any atom is 0.326 e. The van der Waals surface area contributed by atoms with Crippen LogP contribution in [-0.4, -0.2) is 83.5 Å². The fourth-order valence-corrected chi connectivity index (χ4v) is 4.15. The predicted molar refractivity (Wildman–Crippen MR) is 136 cm³/mol. The third-order valence-corrected chi connectivity index (χ3v) is 6.02.